The van der Waals surface area contributed by atoms with Crippen LogP contribution in [0.3, 0.4) is 0 Å². The van der Waals surface area contributed by atoms with Crippen molar-refractivity contribution in [3.8, 4) is 11.4 Å². The molecule has 0 amide bonds. The summed E-state index contributed by atoms with van der Waals surface area (Å²) in [5, 5.41) is 18.6. The molecule has 0 aliphatic carbocycles. The molecular weight excluding hydrogens is 447 g/mol. The highest BCUT2D eigenvalue weighted by Crippen LogP contribution is 2.55. The Morgan fingerprint density at radius 2 is 1.09 bits per heavy atom. The van der Waals surface area contributed by atoms with Gasteiger partial charge in [-0.15, -0.1) is 10.2 Å². The smallest absolute Gasteiger partial charge is 0.204 e. The molecular formula is C27H24ClN4P. The normalized spacial score (nSPS) is 11.0. The van der Waals surface area contributed by atoms with Crippen molar-refractivity contribution in [2.24, 2.45) is 0 Å². The quantitative estimate of drug-likeness (QED) is 0.366. The second kappa shape index (κ2) is 10.5. The average Bonchev–Trinajstić information content (AvgIpc) is 3.42. The zero-order valence-electron chi connectivity index (χ0n) is 18.1. The van der Waals surface area contributed by atoms with Gasteiger partial charge in [-0.1, -0.05) is 78.9 Å². The highest BCUT2D eigenvalue weighted by atomic mass is 35.5. The van der Waals surface area contributed by atoms with Gasteiger partial charge in [-0.3, -0.25) is 0 Å². The Bertz CT molecular complexity index is 1150. The number of tetrazole rings is 1. The van der Waals surface area contributed by atoms with Crippen molar-refractivity contribution in [2.45, 2.75) is 6.42 Å². The summed E-state index contributed by atoms with van der Waals surface area (Å²) in [5.41, 5.74) is 2.28. The van der Waals surface area contributed by atoms with Crippen molar-refractivity contribution in [1.29, 1.82) is 0 Å². The average molecular weight is 471 g/mol. The summed E-state index contributed by atoms with van der Waals surface area (Å²) in [7, 11) is -1.82. The van der Waals surface area contributed by atoms with Crippen LogP contribution in [0, 0.1) is 0 Å². The zero-order valence-corrected chi connectivity index (χ0v) is 19.7. The van der Waals surface area contributed by atoms with E-state index >= 15 is 0 Å². The topological polar surface area (TPSA) is 54.5 Å². The van der Waals surface area contributed by atoms with Crippen LogP contribution in [0.1, 0.15) is 5.56 Å². The first-order valence-electron chi connectivity index (χ1n) is 10.7. The van der Waals surface area contributed by atoms with Crippen molar-refractivity contribution in [3.63, 3.8) is 0 Å². The molecule has 0 aliphatic rings. The van der Waals surface area contributed by atoms with Crippen LogP contribution in [0.25, 0.3) is 11.4 Å². The SMILES string of the molecule is [Cl-].c1ccc([P+](CCc2ccc(-c3nn[nH]n3)cc2)(c2ccccc2)c2ccccc2)cc1. The predicted octanol–water partition coefficient (Wildman–Crippen LogP) is 1.41. The van der Waals surface area contributed by atoms with Crippen LogP contribution in [0.4, 0.5) is 0 Å². The Balaban J connectivity index is 0.00000259. The standard InChI is InChI=1S/C27H24N4P.ClH/c1-4-10-24(11-5-1)32(25-12-6-2-7-13-25,26-14-8-3-9-15-26)21-20-22-16-18-23(19-17-22)27-28-30-31-29-27;/h1-19H,20-21H2,(H,28,29,30,31);1H/q+1;/p-1. The highest BCUT2D eigenvalue weighted by molar-refractivity contribution is 7.95. The Labute approximate surface area is 200 Å². The molecule has 0 saturated heterocycles. The summed E-state index contributed by atoms with van der Waals surface area (Å²) < 4.78 is 0. The molecule has 5 aromatic rings. The van der Waals surface area contributed by atoms with Crippen molar-refractivity contribution in [3.05, 3.63) is 121 Å². The van der Waals surface area contributed by atoms with Gasteiger partial charge in [-0.25, -0.2) is 0 Å². The van der Waals surface area contributed by atoms with Gasteiger partial charge in [0, 0.05) is 12.0 Å². The second-order valence-corrected chi connectivity index (χ2v) is 11.3. The number of rotatable bonds is 7. The Morgan fingerprint density at radius 3 is 1.52 bits per heavy atom. The van der Waals surface area contributed by atoms with E-state index in [0.717, 1.165) is 18.1 Å². The molecule has 6 heteroatoms. The van der Waals surface area contributed by atoms with E-state index in [-0.39, 0.29) is 12.4 Å². The van der Waals surface area contributed by atoms with E-state index in [0.29, 0.717) is 5.82 Å². The van der Waals surface area contributed by atoms with Crippen LogP contribution in [0.5, 0.6) is 0 Å². The number of nitrogens with zero attached hydrogens (tertiary/aromatic N) is 3. The molecule has 0 unspecified atom stereocenters. The van der Waals surface area contributed by atoms with Gasteiger partial charge in [-0.2, -0.15) is 5.21 Å². The monoisotopic (exact) mass is 470 g/mol. The van der Waals surface area contributed by atoms with Crippen molar-refractivity contribution < 1.29 is 12.4 Å². The van der Waals surface area contributed by atoms with Gasteiger partial charge in [0.25, 0.3) is 0 Å². The molecule has 1 aromatic heterocycles. The number of H-pyrrole nitrogens is 1. The molecule has 1 heterocycles. The highest BCUT2D eigenvalue weighted by Gasteiger charge is 2.44. The molecule has 164 valence electrons. The van der Waals surface area contributed by atoms with Crippen molar-refractivity contribution >= 4 is 23.2 Å². The molecule has 0 saturated carbocycles. The first kappa shape index (κ1) is 22.8. The van der Waals surface area contributed by atoms with Crippen LogP contribution < -0.4 is 28.3 Å². The fraction of sp³-hybridized carbons (Fsp3) is 0.0741. The van der Waals surface area contributed by atoms with E-state index in [9.17, 15) is 0 Å². The minimum atomic E-state index is -1.82. The van der Waals surface area contributed by atoms with Gasteiger partial charge in [0.15, 0.2) is 0 Å². The summed E-state index contributed by atoms with van der Waals surface area (Å²) in [5.74, 6) is 0.622. The van der Waals surface area contributed by atoms with Crippen LogP contribution in [-0.4, -0.2) is 26.8 Å². The lowest BCUT2D eigenvalue weighted by Crippen LogP contribution is -3.00. The molecule has 4 nitrogen and oxygen atoms in total. The third-order valence-corrected chi connectivity index (χ3v) is 10.3. The fourth-order valence-electron chi connectivity index (χ4n) is 4.28. The number of hydrogen-bond donors (Lipinski definition) is 1. The number of hydrogen-bond acceptors (Lipinski definition) is 3. The van der Waals surface area contributed by atoms with Crippen molar-refractivity contribution in [1.82, 2.24) is 20.6 Å². The number of aromatic nitrogens is 4. The maximum absolute atomic E-state index is 4.08. The molecule has 0 radical (unpaired) electrons. The summed E-state index contributed by atoms with van der Waals surface area (Å²) >= 11 is 0. The van der Waals surface area contributed by atoms with Gasteiger partial charge >= 0.3 is 0 Å². The summed E-state index contributed by atoms with van der Waals surface area (Å²) in [6, 6.07) is 41.6. The maximum Gasteiger partial charge on any atom is 0.204 e. The second-order valence-electron chi connectivity index (χ2n) is 7.72. The Morgan fingerprint density at radius 1 is 0.606 bits per heavy atom. The summed E-state index contributed by atoms with van der Waals surface area (Å²) in [6.45, 7) is 0. The molecule has 0 aliphatic heterocycles. The van der Waals surface area contributed by atoms with Crippen LogP contribution in [0.2, 0.25) is 0 Å². The number of benzene rings is 4. The van der Waals surface area contributed by atoms with Gasteiger partial charge in [-0.05, 0) is 47.2 Å². The van der Waals surface area contributed by atoms with Crippen LogP contribution in [-0.2, 0) is 6.42 Å². The van der Waals surface area contributed by atoms with Gasteiger partial charge in [0.1, 0.15) is 23.2 Å². The maximum atomic E-state index is 4.08. The van der Waals surface area contributed by atoms with Gasteiger partial charge in [0.05, 0.1) is 6.16 Å². The molecule has 0 bridgehead atoms. The van der Waals surface area contributed by atoms with Gasteiger partial charge in [0.2, 0.25) is 5.82 Å². The van der Waals surface area contributed by atoms with Crippen LogP contribution in [0.15, 0.2) is 115 Å². The third-order valence-electron chi connectivity index (χ3n) is 5.88. The fourth-order valence-corrected chi connectivity index (χ4v) is 8.59. The summed E-state index contributed by atoms with van der Waals surface area (Å²) in [4.78, 5) is 0. The lowest BCUT2D eigenvalue weighted by Gasteiger charge is -2.27. The first-order valence-corrected chi connectivity index (χ1v) is 12.7. The molecule has 33 heavy (non-hydrogen) atoms. The Kier molecular flexibility index (Phi) is 7.29. The molecule has 1 N–H and O–H groups in total. The minimum Gasteiger partial charge on any atom is -1.00 e. The lowest BCUT2D eigenvalue weighted by molar-refractivity contribution is -0.00000639. The number of nitrogens with one attached hydrogen (secondary N) is 1. The lowest BCUT2D eigenvalue weighted by atomic mass is 10.1. The number of aryl methyl sites for hydroxylation is 1. The summed E-state index contributed by atoms with van der Waals surface area (Å²) in [6.07, 6.45) is 2.05. The zero-order chi connectivity index (χ0) is 21.6. The first-order chi connectivity index (χ1) is 15.9. The minimum absolute atomic E-state index is 0. The number of halogens is 1. The van der Waals surface area contributed by atoms with E-state index < -0.39 is 7.26 Å². The van der Waals surface area contributed by atoms with E-state index in [4.69, 9.17) is 0 Å². The molecule has 0 spiro atoms. The van der Waals surface area contributed by atoms with E-state index in [1.807, 2.05) is 0 Å². The molecule has 0 fully saturated rings. The van der Waals surface area contributed by atoms with Gasteiger partial charge < -0.3 is 12.4 Å². The number of aromatic amines is 1. The third kappa shape index (κ3) is 4.73. The van der Waals surface area contributed by atoms with Crippen molar-refractivity contribution in [2.75, 3.05) is 6.16 Å². The Hall–Kier alpha value is -3.33. The molecule has 0 atom stereocenters. The molecule has 4 aromatic carbocycles. The van der Waals surface area contributed by atoms with E-state index in [1.165, 1.54) is 21.5 Å². The van der Waals surface area contributed by atoms with E-state index in [1.54, 1.807) is 0 Å². The molecule has 5 rings (SSSR count). The van der Waals surface area contributed by atoms with Crippen LogP contribution >= 0.6 is 7.26 Å². The largest absolute Gasteiger partial charge is 1.00 e. The van der Waals surface area contributed by atoms with E-state index in [2.05, 4.69) is 136 Å². The predicted molar refractivity (Wildman–Crippen MR) is 133 cm³/mol.